The van der Waals surface area contributed by atoms with E-state index in [1.165, 1.54) is 6.07 Å². The van der Waals surface area contributed by atoms with E-state index in [9.17, 15) is 4.39 Å². The SMILES string of the molecule is CCn1ncc(Cl)c1C(Cc1c(F)cccc1Cl)NC. The second-order valence-electron chi connectivity index (χ2n) is 4.44. The predicted octanol–water partition coefficient (Wildman–Crippen LogP) is 3.85. The van der Waals surface area contributed by atoms with Gasteiger partial charge in [0.15, 0.2) is 0 Å². The Morgan fingerprint density at radius 1 is 1.35 bits per heavy atom. The molecule has 0 aliphatic rings. The van der Waals surface area contributed by atoms with E-state index in [0.29, 0.717) is 28.6 Å². The highest BCUT2D eigenvalue weighted by molar-refractivity contribution is 6.31. The second kappa shape index (κ2) is 6.57. The number of rotatable bonds is 5. The first-order valence-corrected chi connectivity index (χ1v) is 7.15. The van der Waals surface area contributed by atoms with Crippen LogP contribution in [0.2, 0.25) is 10.0 Å². The molecule has 2 aromatic rings. The molecular formula is C14H16Cl2FN3. The van der Waals surface area contributed by atoms with Crippen molar-refractivity contribution < 1.29 is 4.39 Å². The Hall–Kier alpha value is -1.10. The molecule has 1 heterocycles. The number of nitrogens with one attached hydrogen (secondary N) is 1. The highest BCUT2D eigenvalue weighted by atomic mass is 35.5. The van der Waals surface area contributed by atoms with E-state index in [-0.39, 0.29) is 11.9 Å². The van der Waals surface area contributed by atoms with Crippen molar-refractivity contribution >= 4 is 23.2 Å². The lowest BCUT2D eigenvalue weighted by Crippen LogP contribution is -2.23. The molecule has 6 heteroatoms. The van der Waals surface area contributed by atoms with Crippen LogP contribution < -0.4 is 5.32 Å². The molecule has 0 saturated heterocycles. The number of hydrogen-bond acceptors (Lipinski definition) is 2. The summed E-state index contributed by atoms with van der Waals surface area (Å²) < 4.78 is 15.7. The van der Waals surface area contributed by atoms with Crippen molar-refractivity contribution in [3.63, 3.8) is 0 Å². The zero-order chi connectivity index (χ0) is 14.7. The molecule has 0 fully saturated rings. The van der Waals surface area contributed by atoms with Gasteiger partial charge < -0.3 is 5.32 Å². The third-order valence-electron chi connectivity index (χ3n) is 3.28. The Morgan fingerprint density at radius 3 is 2.70 bits per heavy atom. The fourth-order valence-electron chi connectivity index (χ4n) is 2.24. The topological polar surface area (TPSA) is 29.9 Å². The molecule has 0 aliphatic heterocycles. The molecule has 3 nitrogen and oxygen atoms in total. The summed E-state index contributed by atoms with van der Waals surface area (Å²) in [7, 11) is 1.81. The molecule has 0 saturated carbocycles. The normalized spacial score (nSPS) is 12.7. The first-order chi connectivity index (χ1) is 9.58. The van der Waals surface area contributed by atoms with Crippen LogP contribution in [0.3, 0.4) is 0 Å². The number of aryl methyl sites for hydroxylation is 1. The van der Waals surface area contributed by atoms with Crippen LogP contribution in [0.25, 0.3) is 0 Å². The summed E-state index contributed by atoms with van der Waals surface area (Å²) in [6, 6.07) is 4.54. The molecule has 2 rings (SSSR count). The second-order valence-corrected chi connectivity index (χ2v) is 5.25. The molecular weight excluding hydrogens is 300 g/mol. The Kier molecular flexibility index (Phi) is 5.02. The maximum absolute atomic E-state index is 13.9. The molecule has 1 aromatic carbocycles. The molecule has 1 atom stereocenters. The van der Waals surface area contributed by atoms with Gasteiger partial charge >= 0.3 is 0 Å². The standard InChI is InChI=1S/C14H16Cl2FN3/c1-3-20-14(11(16)8-19-20)13(18-2)7-9-10(15)5-4-6-12(9)17/h4-6,8,13,18H,3,7H2,1-2H3. The molecule has 1 aromatic heterocycles. The molecule has 0 amide bonds. The van der Waals surface area contributed by atoms with Crippen molar-refractivity contribution in [2.45, 2.75) is 25.9 Å². The van der Waals surface area contributed by atoms with Gasteiger partial charge in [-0.25, -0.2) is 4.39 Å². The summed E-state index contributed by atoms with van der Waals surface area (Å²) in [4.78, 5) is 0. The number of likely N-dealkylation sites (N-methyl/N-ethyl adjacent to an activating group) is 1. The summed E-state index contributed by atoms with van der Waals surface area (Å²) in [5.74, 6) is -0.309. The molecule has 108 valence electrons. The van der Waals surface area contributed by atoms with E-state index >= 15 is 0 Å². The van der Waals surface area contributed by atoms with Crippen LogP contribution in [-0.2, 0) is 13.0 Å². The van der Waals surface area contributed by atoms with Crippen molar-refractivity contribution in [3.8, 4) is 0 Å². The molecule has 1 unspecified atom stereocenters. The van der Waals surface area contributed by atoms with Crippen molar-refractivity contribution in [1.82, 2.24) is 15.1 Å². The Morgan fingerprint density at radius 2 is 2.10 bits per heavy atom. The quantitative estimate of drug-likeness (QED) is 0.908. The van der Waals surface area contributed by atoms with E-state index in [1.54, 1.807) is 23.0 Å². The van der Waals surface area contributed by atoms with Crippen molar-refractivity contribution in [1.29, 1.82) is 0 Å². The summed E-state index contributed by atoms with van der Waals surface area (Å²) >= 11 is 12.3. The van der Waals surface area contributed by atoms with Gasteiger partial charge in [-0.15, -0.1) is 0 Å². The third kappa shape index (κ3) is 2.97. The molecule has 0 aliphatic carbocycles. The third-order valence-corrected chi connectivity index (χ3v) is 3.93. The number of nitrogens with zero attached hydrogens (tertiary/aromatic N) is 2. The number of halogens is 3. The Balaban J connectivity index is 2.36. The zero-order valence-corrected chi connectivity index (χ0v) is 12.8. The van der Waals surface area contributed by atoms with E-state index in [4.69, 9.17) is 23.2 Å². The molecule has 0 radical (unpaired) electrons. The van der Waals surface area contributed by atoms with Crippen LogP contribution in [0.5, 0.6) is 0 Å². The van der Waals surface area contributed by atoms with Gasteiger partial charge in [0.1, 0.15) is 5.82 Å². The predicted molar refractivity (Wildman–Crippen MR) is 79.8 cm³/mol. The van der Waals surface area contributed by atoms with Crippen LogP contribution in [0.4, 0.5) is 4.39 Å². The van der Waals surface area contributed by atoms with Crippen molar-refractivity contribution in [3.05, 3.63) is 51.5 Å². The van der Waals surface area contributed by atoms with Crippen LogP contribution >= 0.6 is 23.2 Å². The van der Waals surface area contributed by atoms with Gasteiger partial charge in [-0.1, -0.05) is 29.3 Å². The van der Waals surface area contributed by atoms with Gasteiger partial charge in [0.05, 0.1) is 23.0 Å². The van der Waals surface area contributed by atoms with Crippen LogP contribution in [0.15, 0.2) is 24.4 Å². The van der Waals surface area contributed by atoms with Crippen molar-refractivity contribution in [2.75, 3.05) is 7.05 Å². The Bertz CT molecular complexity index is 578. The lowest BCUT2D eigenvalue weighted by Gasteiger charge is -2.19. The van der Waals surface area contributed by atoms with Gasteiger partial charge in [-0.3, -0.25) is 4.68 Å². The minimum Gasteiger partial charge on any atom is -0.311 e. The van der Waals surface area contributed by atoms with E-state index in [2.05, 4.69) is 10.4 Å². The summed E-state index contributed by atoms with van der Waals surface area (Å²) in [5, 5.41) is 8.35. The monoisotopic (exact) mass is 315 g/mol. The van der Waals surface area contributed by atoms with Gasteiger partial charge in [0.25, 0.3) is 0 Å². The number of hydrogen-bond donors (Lipinski definition) is 1. The largest absolute Gasteiger partial charge is 0.311 e. The smallest absolute Gasteiger partial charge is 0.127 e. The van der Waals surface area contributed by atoms with E-state index in [0.717, 1.165) is 5.69 Å². The zero-order valence-electron chi connectivity index (χ0n) is 11.3. The first kappa shape index (κ1) is 15.3. The summed E-state index contributed by atoms with van der Waals surface area (Å²) in [6.45, 7) is 2.68. The van der Waals surface area contributed by atoms with E-state index < -0.39 is 0 Å². The maximum Gasteiger partial charge on any atom is 0.127 e. The van der Waals surface area contributed by atoms with Gasteiger partial charge in [-0.05, 0) is 32.5 Å². The van der Waals surface area contributed by atoms with Gasteiger partial charge in [0.2, 0.25) is 0 Å². The highest BCUT2D eigenvalue weighted by Gasteiger charge is 2.21. The minimum atomic E-state index is -0.309. The maximum atomic E-state index is 13.9. The van der Waals surface area contributed by atoms with Crippen LogP contribution in [0, 0.1) is 5.82 Å². The average molecular weight is 316 g/mol. The number of benzene rings is 1. The van der Waals surface area contributed by atoms with E-state index in [1.807, 2.05) is 14.0 Å². The van der Waals surface area contributed by atoms with Crippen molar-refractivity contribution in [2.24, 2.45) is 0 Å². The molecule has 0 spiro atoms. The fourth-order valence-corrected chi connectivity index (χ4v) is 2.75. The number of aromatic nitrogens is 2. The summed E-state index contributed by atoms with van der Waals surface area (Å²) in [6.07, 6.45) is 2.01. The average Bonchev–Trinajstić information content (AvgIpc) is 2.80. The van der Waals surface area contributed by atoms with Gasteiger partial charge in [-0.2, -0.15) is 5.10 Å². The summed E-state index contributed by atoms with van der Waals surface area (Å²) in [5.41, 5.74) is 1.32. The van der Waals surface area contributed by atoms with Crippen LogP contribution in [0.1, 0.15) is 24.2 Å². The van der Waals surface area contributed by atoms with Crippen LogP contribution in [-0.4, -0.2) is 16.8 Å². The Labute approximate surface area is 127 Å². The highest BCUT2D eigenvalue weighted by Crippen LogP contribution is 2.29. The first-order valence-electron chi connectivity index (χ1n) is 6.39. The molecule has 0 bridgehead atoms. The minimum absolute atomic E-state index is 0.153. The molecule has 20 heavy (non-hydrogen) atoms. The molecule has 1 N–H and O–H groups in total. The lowest BCUT2D eigenvalue weighted by atomic mass is 10.0. The van der Waals surface area contributed by atoms with Gasteiger partial charge in [0, 0.05) is 17.1 Å². The fraction of sp³-hybridized carbons (Fsp3) is 0.357. The lowest BCUT2D eigenvalue weighted by molar-refractivity contribution is 0.502.